The average Bonchev–Trinajstić information content (AvgIpc) is 3.37. The summed E-state index contributed by atoms with van der Waals surface area (Å²) >= 11 is 0. The van der Waals surface area contributed by atoms with Gasteiger partial charge in [0.2, 0.25) is 5.91 Å². The van der Waals surface area contributed by atoms with Crippen molar-refractivity contribution in [3.63, 3.8) is 0 Å². The maximum absolute atomic E-state index is 14.0. The van der Waals surface area contributed by atoms with Crippen LogP contribution >= 0.6 is 0 Å². The number of carbonyl (C=O) groups excluding carboxylic acids is 3. The second-order valence-electron chi connectivity index (χ2n) is 11.1. The number of carbonyl (C=O) groups is 3. The quantitative estimate of drug-likeness (QED) is 0.389. The van der Waals surface area contributed by atoms with E-state index in [2.05, 4.69) is 48.6 Å². The van der Waals surface area contributed by atoms with Gasteiger partial charge < -0.3 is 16.4 Å². The molecule has 39 heavy (non-hydrogen) atoms. The first-order valence-electron chi connectivity index (χ1n) is 13.7. The number of benzene rings is 2. The standard InChI is InChI=1S/C31H39N5O3/c1-6-21-13-15-24(16-14-21)31(7-2,29(39)34-20(3)27(32)37)35-28(38)25-19-33-36-26(25)17-23(18-30(36,4)5)22-11-9-8-10-12-22/h8-16,19-20,23H,6-7,17-18H2,1-5H3,(H2,32,37)(H,34,39)(H,35,38)/t20-,23-,31?/m0/s1. The zero-order valence-corrected chi connectivity index (χ0v) is 23.5. The molecule has 1 aliphatic rings. The number of hydrogen-bond acceptors (Lipinski definition) is 4. The van der Waals surface area contributed by atoms with Crippen molar-refractivity contribution >= 4 is 17.7 Å². The Morgan fingerprint density at radius 1 is 1.10 bits per heavy atom. The molecule has 0 fully saturated rings. The lowest BCUT2D eigenvalue weighted by atomic mass is 9.79. The molecule has 4 rings (SSSR count). The molecule has 206 valence electrons. The van der Waals surface area contributed by atoms with E-state index >= 15 is 0 Å². The first-order chi connectivity index (χ1) is 18.5. The number of nitrogens with one attached hydrogen (secondary N) is 2. The zero-order valence-electron chi connectivity index (χ0n) is 23.5. The van der Waals surface area contributed by atoms with Crippen LogP contribution in [0, 0.1) is 0 Å². The van der Waals surface area contributed by atoms with Gasteiger partial charge in [0.25, 0.3) is 11.8 Å². The Bertz CT molecular complexity index is 1350. The number of primary amides is 1. The van der Waals surface area contributed by atoms with Gasteiger partial charge >= 0.3 is 0 Å². The molecular formula is C31H39N5O3. The topological polar surface area (TPSA) is 119 Å². The summed E-state index contributed by atoms with van der Waals surface area (Å²) in [5, 5.41) is 10.4. The van der Waals surface area contributed by atoms with Gasteiger partial charge in [-0.25, -0.2) is 0 Å². The molecule has 2 aromatic carbocycles. The van der Waals surface area contributed by atoms with Crippen molar-refractivity contribution in [2.75, 3.05) is 0 Å². The lowest BCUT2D eigenvalue weighted by Crippen LogP contribution is -2.59. The lowest BCUT2D eigenvalue weighted by Gasteiger charge is -2.38. The average molecular weight is 530 g/mol. The highest BCUT2D eigenvalue weighted by Gasteiger charge is 2.43. The maximum Gasteiger partial charge on any atom is 0.255 e. The molecule has 3 aromatic rings. The summed E-state index contributed by atoms with van der Waals surface area (Å²) in [5.74, 6) is -1.29. The highest BCUT2D eigenvalue weighted by Crippen LogP contribution is 2.40. The van der Waals surface area contributed by atoms with E-state index in [-0.39, 0.29) is 23.8 Å². The molecule has 0 bridgehead atoms. The van der Waals surface area contributed by atoms with Gasteiger partial charge in [-0.1, -0.05) is 68.4 Å². The monoisotopic (exact) mass is 529 g/mol. The number of rotatable bonds is 9. The number of nitrogens with two attached hydrogens (primary N) is 1. The number of amides is 3. The minimum atomic E-state index is -1.41. The van der Waals surface area contributed by atoms with Crippen molar-refractivity contribution in [1.82, 2.24) is 20.4 Å². The molecule has 1 unspecified atom stereocenters. The fourth-order valence-corrected chi connectivity index (χ4v) is 5.63. The van der Waals surface area contributed by atoms with Gasteiger partial charge in [-0.2, -0.15) is 5.10 Å². The lowest BCUT2D eigenvalue weighted by molar-refractivity contribution is -0.131. The Morgan fingerprint density at radius 3 is 2.36 bits per heavy atom. The minimum absolute atomic E-state index is 0.231. The summed E-state index contributed by atoms with van der Waals surface area (Å²) in [5.41, 5.74) is 7.99. The van der Waals surface area contributed by atoms with E-state index in [0.717, 1.165) is 24.1 Å². The van der Waals surface area contributed by atoms with Crippen molar-refractivity contribution in [3.8, 4) is 0 Å². The Morgan fingerprint density at radius 2 is 1.77 bits per heavy atom. The third kappa shape index (κ3) is 5.46. The summed E-state index contributed by atoms with van der Waals surface area (Å²) < 4.78 is 1.94. The van der Waals surface area contributed by atoms with Crippen LogP contribution in [0.25, 0.3) is 0 Å². The molecule has 0 aliphatic carbocycles. The van der Waals surface area contributed by atoms with E-state index in [4.69, 9.17) is 5.73 Å². The van der Waals surface area contributed by atoms with Crippen molar-refractivity contribution < 1.29 is 14.4 Å². The molecule has 4 N–H and O–H groups in total. The molecule has 8 nitrogen and oxygen atoms in total. The van der Waals surface area contributed by atoms with Crippen LogP contribution in [-0.2, 0) is 33.5 Å². The highest BCUT2D eigenvalue weighted by atomic mass is 16.2. The van der Waals surface area contributed by atoms with Crippen molar-refractivity contribution in [2.24, 2.45) is 5.73 Å². The van der Waals surface area contributed by atoms with Gasteiger partial charge in [-0.05, 0) is 69.1 Å². The number of nitrogens with zero attached hydrogens (tertiary/aromatic N) is 2. The van der Waals surface area contributed by atoms with Gasteiger partial charge in [0.05, 0.1) is 23.0 Å². The molecular weight excluding hydrogens is 490 g/mol. The Labute approximate surface area is 230 Å². The van der Waals surface area contributed by atoms with E-state index in [1.54, 1.807) is 6.20 Å². The second-order valence-corrected chi connectivity index (χ2v) is 11.1. The van der Waals surface area contributed by atoms with Crippen LogP contribution in [-0.4, -0.2) is 33.5 Å². The predicted molar refractivity (Wildman–Crippen MR) is 151 cm³/mol. The van der Waals surface area contributed by atoms with Crippen LogP contribution in [0.1, 0.15) is 86.1 Å². The predicted octanol–water partition coefficient (Wildman–Crippen LogP) is 3.94. The van der Waals surface area contributed by atoms with E-state index in [1.165, 1.54) is 12.5 Å². The SMILES string of the molecule is CCc1ccc(C(CC)(NC(=O)c2cnn3c2C[C@H](c2ccccc2)CC3(C)C)C(=O)N[C@@H](C)C(N)=O)cc1. The van der Waals surface area contributed by atoms with E-state index < -0.39 is 23.4 Å². The van der Waals surface area contributed by atoms with Crippen LogP contribution in [0.3, 0.4) is 0 Å². The summed E-state index contributed by atoms with van der Waals surface area (Å²) in [6.45, 7) is 9.68. The summed E-state index contributed by atoms with van der Waals surface area (Å²) in [7, 11) is 0. The molecule has 0 spiro atoms. The Balaban J connectivity index is 1.73. The third-order valence-electron chi connectivity index (χ3n) is 8.02. The number of aryl methyl sites for hydroxylation is 1. The molecule has 2 heterocycles. The molecule has 3 amide bonds. The number of aromatic nitrogens is 2. The molecule has 1 aliphatic heterocycles. The van der Waals surface area contributed by atoms with Crippen molar-refractivity contribution in [1.29, 1.82) is 0 Å². The molecule has 1 aromatic heterocycles. The van der Waals surface area contributed by atoms with Crippen LogP contribution < -0.4 is 16.4 Å². The van der Waals surface area contributed by atoms with Crippen LogP contribution in [0.5, 0.6) is 0 Å². The largest absolute Gasteiger partial charge is 0.368 e. The van der Waals surface area contributed by atoms with Crippen LogP contribution in [0.4, 0.5) is 0 Å². The molecule has 3 atom stereocenters. The first kappa shape index (κ1) is 28.1. The second kappa shape index (κ2) is 11.0. The fourth-order valence-electron chi connectivity index (χ4n) is 5.63. The smallest absolute Gasteiger partial charge is 0.255 e. The summed E-state index contributed by atoms with van der Waals surface area (Å²) in [6, 6.07) is 17.0. The van der Waals surface area contributed by atoms with Crippen LogP contribution in [0.2, 0.25) is 0 Å². The van der Waals surface area contributed by atoms with E-state index in [9.17, 15) is 14.4 Å². The van der Waals surface area contributed by atoms with Gasteiger partial charge in [-0.3, -0.25) is 19.1 Å². The van der Waals surface area contributed by atoms with E-state index in [1.807, 2.05) is 54.1 Å². The first-order valence-corrected chi connectivity index (χ1v) is 13.7. The number of hydrogen-bond donors (Lipinski definition) is 3. The van der Waals surface area contributed by atoms with Crippen molar-refractivity contribution in [3.05, 3.63) is 88.7 Å². The molecule has 0 saturated heterocycles. The molecule has 0 radical (unpaired) electrons. The van der Waals surface area contributed by atoms with Gasteiger partial charge in [0.1, 0.15) is 11.6 Å². The third-order valence-corrected chi connectivity index (χ3v) is 8.02. The summed E-state index contributed by atoms with van der Waals surface area (Å²) in [6.07, 6.45) is 4.26. The van der Waals surface area contributed by atoms with Crippen molar-refractivity contribution in [2.45, 2.75) is 83.3 Å². The summed E-state index contributed by atoms with van der Waals surface area (Å²) in [4.78, 5) is 39.5. The molecule has 0 saturated carbocycles. The fraction of sp³-hybridized carbons (Fsp3) is 0.419. The zero-order chi connectivity index (χ0) is 28.4. The highest BCUT2D eigenvalue weighted by molar-refractivity contribution is 6.01. The molecule has 8 heteroatoms. The van der Waals surface area contributed by atoms with Gasteiger partial charge in [-0.15, -0.1) is 0 Å². The van der Waals surface area contributed by atoms with Crippen LogP contribution in [0.15, 0.2) is 60.8 Å². The number of fused-ring (bicyclic) bond motifs is 1. The van der Waals surface area contributed by atoms with E-state index in [0.29, 0.717) is 17.5 Å². The normalized spacial score (nSPS) is 18.3. The van der Waals surface area contributed by atoms with Gasteiger partial charge in [0.15, 0.2) is 0 Å². The van der Waals surface area contributed by atoms with Gasteiger partial charge in [0, 0.05) is 0 Å². The Hall–Kier alpha value is -3.94. The minimum Gasteiger partial charge on any atom is -0.368 e. The maximum atomic E-state index is 14.0. The Kier molecular flexibility index (Phi) is 7.95.